The van der Waals surface area contributed by atoms with Gasteiger partial charge in [-0.3, -0.25) is 4.98 Å². The lowest BCUT2D eigenvalue weighted by atomic mass is 10.1. The molecule has 6 rings (SSSR count). The van der Waals surface area contributed by atoms with Gasteiger partial charge in [-0.05, 0) is 74.9 Å². The molecule has 1 aromatic carbocycles. The predicted octanol–water partition coefficient (Wildman–Crippen LogP) is 4.44. The van der Waals surface area contributed by atoms with Gasteiger partial charge >= 0.3 is 0 Å². The van der Waals surface area contributed by atoms with Crippen LogP contribution in [0.4, 0.5) is 0 Å². The first-order chi connectivity index (χ1) is 17.9. The molecule has 1 aliphatic heterocycles. The number of rotatable bonds is 8. The van der Waals surface area contributed by atoms with Gasteiger partial charge in [0.25, 0.3) is 0 Å². The van der Waals surface area contributed by atoms with Crippen molar-refractivity contribution in [2.24, 2.45) is 0 Å². The molecule has 0 amide bonds. The summed E-state index contributed by atoms with van der Waals surface area (Å²) >= 11 is 6.88. The minimum absolute atomic E-state index is 0.187. The van der Waals surface area contributed by atoms with E-state index in [1.54, 1.807) is 0 Å². The first kappa shape index (κ1) is 24.3. The number of hydrogen-bond donors (Lipinski definition) is 1. The minimum Gasteiger partial charge on any atom is -0.470 e. The Balaban J connectivity index is 1.37. The number of benzene rings is 1. The molecule has 8 nitrogen and oxygen atoms in total. The molecular weight excluding hydrogens is 488 g/mol. The first-order valence-electron chi connectivity index (χ1n) is 12.9. The smallest absolute Gasteiger partial charge is 0.245 e. The molecule has 1 saturated heterocycles. The van der Waals surface area contributed by atoms with Gasteiger partial charge in [-0.2, -0.15) is 4.98 Å². The maximum atomic E-state index is 9.80. The van der Waals surface area contributed by atoms with Crippen LogP contribution in [0.2, 0.25) is 5.02 Å². The highest BCUT2D eigenvalue weighted by Crippen LogP contribution is 2.41. The van der Waals surface area contributed by atoms with E-state index in [-0.39, 0.29) is 11.7 Å². The zero-order valence-electron chi connectivity index (χ0n) is 21.2. The topological polar surface area (TPSA) is 89.2 Å². The fourth-order valence-electron chi connectivity index (χ4n) is 4.90. The molecule has 1 saturated carbocycles. The fraction of sp³-hybridized carbons (Fsp3) is 0.429. The fourth-order valence-corrected chi connectivity index (χ4v) is 5.19. The number of β-amino-alcohol motifs (C(OH)–C–C–N with tert-alkyl or cyclic N) is 1. The van der Waals surface area contributed by atoms with E-state index in [9.17, 15) is 5.11 Å². The standard InChI is InChI=1S/C28H31ClN6O2/c1-18-5-10-30-20(13-18)15-35-25(33-24-26(35)31-17-32-27(24)37-28(2)8-9-28)22-4-3-19(14-23(22)29)6-11-34-12-7-21(36)16-34/h3-5,10,13-14,17,21,36H,6-9,11-12,15-16H2,1-2H3/t21-/m1/s1. The van der Waals surface area contributed by atoms with Crippen LogP contribution in [0.25, 0.3) is 22.6 Å². The van der Waals surface area contributed by atoms with Crippen molar-refractivity contribution in [1.82, 2.24) is 29.4 Å². The quantitative estimate of drug-likeness (QED) is 0.369. The summed E-state index contributed by atoms with van der Waals surface area (Å²) in [6, 6.07) is 10.2. The van der Waals surface area contributed by atoms with E-state index in [0.717, 1.165) is 67.7 Å². The summed E-state index contributed by atoms with van der Waals surface area (Å²) in [5.74, 6) is 1.21. The van der Waals surface area contributed by atoms with Crippen LogP contribution in [0.1, 0.15) is 43.0 Å². The highest BCUT2D eigenvalue weighted by atomic mass is 35.5. The highest BCUT2D eigenvalue weighted by molar-refractivity contribution is 6.33. The van der Waals surface area contributed by atoms with E-state index in [1.807, 2.05) is 29.0 Å². The molecule has 0 bridgehead atoms. The number of aliphatic hydroxyl groups excluding tert-OH is 1. The molecule has 3 aromatic heterocycles. The third kappa shape index (κ3) is 5.19. The number of likely N-dealkylation sites (tertiary alicyclic amines) is 1. The molecule has 1 aliphatic carbocycles. The Kier molecular flexibility index (Phi) is 6.34. The van der Waals surface area contributed by atoms with Gasteiger partial charge in [-0.1, -0.05) is 17.7 Å². The van der Waals surface area contributed by atoms with Gasteiger partial charge < -0.3 is 19.3 Å². The Bertz CT molecular complexity index is 1450. The van der Waals surface area contributed by atoms with E-state index < -0.39 is 0 Å². The van der Waals surface area contributed by atoms with Gasteiger partial charge in [0, 0.05) is 31.4 Å². The number of aliphatic hydroxyl groups is 1. The monoisotopic (exact) mass is 518 g/mol. The molecule has 1 atom stereocenters. The van der Waals surface area contributed by atoms with Gasteiger partial charge in [-0.15, -0.1) is 0 Å². The molecular formula is C28H31ClN6O2. The van der Waals surface area contributed by atoms with Gasteiger partial charge in [0.2, 0.25) is 5.88 Å². The summed E-state index contributed by atoms with van der Waals surface area (Å²) < 4.78 is 8.29. The Morgan fingerprint density at radius 3 is 2.76 bits per heavy atom. The van der Waals surface area contributed by atoms with E-state index >= 15 is 0 Å². The van der Waals surface area contributed by atoms with Crippen molar-refractivity contribution < 1.29 is 9.84 Å². The molecule has 0 spiro atoms. The van der Waals surface area contributed by atoms with E-state index in [4.69, 9.17) is 21.3 Å². The van der Waals surface area contributed by atoms with Crippen LogP contribution in [0, 0.1) is 6.92 Å². The zero-order chi connectivity index (χ0) is 25.6. The predicted molar refractivity (Wildman–Crippen MR) is 143 cm³/mol. The van der Waals surface area contributed by atoms with Crippen LogP contribution in [0.5, 0.6) is 5.88 Å². The summed E-state index contributed by atoms with van der Waals surface area (Å²) in [7, 11) is 0. The van der Waals surface area contributed by atoms with E-state index in [1.165, 1.54) is 6.33 Å². The normalized spacial score (nSPS) is 19.0. The Morgan fingerprint density at radius 1 is 1.16 bits per heavy atom. The molecule has 0 radical (unpaired) electrons. The molecule has 4 heterocycles. The van der Waals surface area contributed by atoms with Crippen molar-refractivity contribution in [2.45, 2.75) is 57.8 Å². The molecule has 1 N–H and O–H groups in total. The van der Waals surface area contributed by atoms with Crippen LogP contribution in [-0.4, -0.2) is 65.8 Å². The summed E-state index contributed by atoms with van der Waals surface area (Å²) in [6.45, 7) is 7.23. The maximum absolute atomic E-state index is 9.80. The second-order valence-corrected chi connectivity index (χ2v) is 11.0. The second kappa shape index (κ2) is 9.67. The molecule has 4 aromatic rings. The molecule has 2 aliphatic rings. The summed E-state index contributed by atoms with van der Waals surface area (Å²) in [5.41, 5.74) is 5.18. The third-order valence-electron chi connectivity index (χ3n) is 7.33. The van der Waals surface area contributed by atoms with Gasteiger partial charge in [-0.25, -0.2) is 9.97 Å². The Labute approximate surface area is 221 Å². The van der Waals surface area contributed by atoms with Crippen LogP contribution in [0.3, 0.4) is 0 Å². The summed E-state index contributed by atoms with van der Waals surface area (Å²) in [6.07, 6.45) is 6.88. The lowest BCUT2D eigenvalue weighted by molar-refractivity contribution is 0.177. The van der Waals surface area contributed by atoms with E-state index in [0.29, 0.717) is 34.4 Å². The lowest BCUT2D eigenvalue weighted by Crippen LogP contribution is -2.24. The second-order valence-electron chi connectivity index (χ2n) is 10.6. The number of nitrogens with zero attached hydrogens (tertiary/aromatic N) is 6. The number of ether oxygens (including phenoxy) is 1. The van der Waals surface area contributed by atoms with Crippen molar-refractivity contribution >= 4 is 22.8 Å². The average molecular weight is 519 g/mol. The van der Waals surface area contributed by atoms with Crippen LogP contribution in [0.15, 0.2) is 42.9 Å². The maximum Gasteiger partial charge on any atom is 0.245 e. The summed E-state index contributed by atoms with van der Waals surface area (Å²) in [5, 5.41) is 10.4. The molecule has 0 unspecified atom stereocenters. The number of fused-ring (bicyclic) bond motifs is 1. The zero-order valence-corrected chi connectivity index (χ0v) is 21.9. The van der Waals surface area contributed by atoms with Crippen molar-refractivity contribution in [2.75, 3.05) is 19.6 Å². The van der Waals surface area contributed by atoms with Crippen molar-refractivity contribution in [3.05, 3.63) is 64.7 Å². The van der Waals surface area contributed by atoms with E-state index in [2.05, 4.69) is 45.8 Å². The Hall–Kier alpha value is -3.07. The molecule has 192 valence electrons. The number of aromatic nitrogens is 5. The van der Waals surface area contributed by atoms with Crippen molar-refractivity contribution in [1.29, 1.82) is 0 Å². The molecule has 2 fully saturated rings. The summed E-state index contributed by atoms with van der Waals surface area (Å²) in [4.78, 5) is 20.9. The SMILES string of the molecule is Cc1ccnc(Cn2c(-c3ccc(CCN4CC[C@@H](O)C4)cc3Cl)nc3c(OC4(C)CC4)ncnc32)c1. The minimum atomic E-state index is -0.207. The number of hydrogen-bond acceptors (Lipinski definition) is 7. The number of pyridine rings is 1. The number of imidazole rings is 1. The van der Waals surface area contributed by atoms with Gasteiger partial charge in [0.15, 0.2) is 11.2 Å². The number of aryl methyl sites for hydroxylation is 1. The average Bonchev–Trinajstić information content (AvgIpc) is 3.27. The first-order valence-corrected chi connectivity index (χ1v) is 13.3. The van der Waals surface area contributed by atoms with Crippen molar-refractivity contribution in [3.8, 4) is 17.3 Å². The van der Waals surface area contributed by atoms with Crippen LogP contribution < -0.4 is 4.74 Å². The van der Waals surface area contributed by atoms with Crippen LogP contribution in [-0.2, 0) is 13.0 Å². The lowest BCUT2D eigenvalue weighted by Gasteiger charge is -2.15. The number of halogens is 1. The van der Waals surface area contributed by atoms with Gasteiger partial charge in [0.1, 0.15) is 17.8 Å². The Morgan fingerprint density at radius 2 is 2.03 bits per heavy atom. The molecule has 9 heteroatoms. The highest BCUT2D eigenvalue weighted by Gasteiger charge is 2.41. The largest absolute Gasteiger partial charge is 0.470 e. The van der Waals surface area contributed by atoms with Crippen molar-refractivity contribution in [3.63, 3.8) is 0 Å². The third-order valence-corrected chi connectivity index (χ3v) is 7.64. The van der Waals surface area contributed by atoms with Crippen LogP contribution >= 0.6 is 11.6 Å². The van der Waals surface area contributed by atoms with Gasteiger partial charge in [0.05, 0.1) is 23.4 Å². The molecule has 37 heavy (non-hydrogen) atoms.